The zero-order valence-corrected chi connectivity index (χ0v) is 19.6. The molecule has 3 N–H and O–H groups in total. The van der Waals surface area contributed by atoms with Gasteiger partial charge in [-0.05, 0) is 23.9 Å². The van der Waals surface area contributed by atoms with Gasteiger partial charge < -0.3 is 20.5 Å². The molecule has 0 aliphatic carbocycles. The van der Waals surface area contributed by atoms with E-state index in [1.54, 1.807) is 7.05 Å². The van der Waals surface area contributed by atoms with Crippen LogP contribution in [-0.4, -0.2) is 40.6 Å². The number of urea groups is 1. The molecule has 170 valence electrons. The van der Waals surface area contributed by atoms with Gasteiger partial charge in [0.1, 0.15) is 5.82 Å². The topological polar surface area (TPSA) is 76.2 Å². The molecule has 3 rings (SSSR count). The van der Waals surface area contributed by atoms with Crippen molar-refractivity contribution in [1.29, 1.82) is 0 Å². The summed E-state index contributed by atoms with van der Waals surface area (Å²) in [6, 6.07) is 20.2. The second kappa shape index (κ2) is 10.5. The molecule has 6 nitrogen and oxygen atoms in total. The van der Waals surface area contributed by atoms with Crippen molar-refractivity contribution in [3.05, 3.63) is 78.2 Å². The van der Waals surface area contributed by atoms with Gasteiger partial charge in [-0.3, -0.25) is 0 Å². The second-order valence-corrected chi connectivity index (χ2v) is 9.12. The molecule has 0 aliphatic rings. The predicted octanol–water partition coefficient (Wildman–Crippen LogP) is 4.68. The molecular formula is C26H35N5O. The first-order valence-corrected chi connectivity index (χ1v) is 11.2. The number of carbonyl (C=O) groups excluding carboxylic acids is 1. The quantitative estimate of drug-likeness (QED) is 0.542. The molecule has 2 aromatic carbocycles. The van der Waals surface area contributed by atoms with Gasteiger partial charge in [0.25, 0.3) is 0 Å². The zero-order chi connectivity index (χ0) is 23.1. The second-order valence-electron chi connectivity index (χ2n) is 9.12. The summed E-state index contributed by atoms with van der Waals surface area (Å²) < 4.78 is 2.19. The first kappa shape index (κ1) is 23.5. The highest BCUT2D eigenvalue weighted by Crippen LogP contribution is 2.39. The highest BCUT2D eigenvalue weighted by atomic mass is 16.2. The van der Waals surface area contributed by atoms with E-state index in [9.17, 15) is 4.79 Å². The number of carbonyl (C=O) groups is 1. The summed E-state index contributed by atoms with van der Waals surface area (Å²) in [7, 11) is 1.67. The largest absolute Gasteiger partial charge is 0.341 e. The molecule has 1 heterocycles. The minimum absolute atomic E-state index is 0.117. The zero-order valence-electron chi connectivity index (χ0n) is 19.6. The van der Waals surface area contributed by atoms with Crippen molar-refractivity contribution >= 4 is 6.03 Å². The monoisotopic (exact) mass is 433 g/mol. The van der Waals surface area contributed by atoms with Crippen molar-refractivity contribution in [2.75, 3.05) is 20.1 Å². The fourth-order valence-corrected chi connectivity index (χ4v) is 4.05. The molecule has 0 bridgehead atoms. The number of nitrogens with one attached hydrogen (secondary N) is 1. The normalized spacial score (nSPS) is 12.4. The minimum atomic E-state index is -0.241. The lowest BCUT2D eigenvalue weighted by molar-refractivity contribution is 0.109. The highest BCUT2D eigenvalue weighted by Gasteiger charge is 2.37. The Balaban J connectivity index is 2.14. The number of imidazole rings is 1. The Labute approximate surface area is 191 Å². The van der Waals surface area contributed by atoms with Crippen LogP contribution in [0.2, 0.25) is 0 Å². The number of hydrogen-bond acceptors (Lipinski definition) is 3. The van der Waals surface area contributed by atoms with Crippen LogP contribution in [0.3, 0.4) is 0 Å². The number of aromatic nitrogens is 2. The molecule has 0 radical (unpaired) electrons. The van der Waals surface area contributed by atoms with E-state index in [2.05, 4.69) is 61.1 Å². The Morgan fingerprint density at radius 3 is 2.28 bits per heavy atom. The van der Waals surface area contributed by atoms with Gasteiger partial charge in [-0.1, -0.05) is 81.4 Å². The maximum Gasteiger partial charge on any atom is 0.317 e. The van der Waals surface area contributed by atoms with Crippen molar-refractivity contribution < 1.29 is 4.79 Å². The van der Waals surface area contributed by atoms with Gasteiger partial charge in [-0.15, -0.1) is 0 Å². The molecule has 1 atom stereocenters. The van der Waals surface area contributed by atoms with Crippen molar-refractivity contribution in [3.63, 3.8) is 0 Å². The average Bonchev–Trinajstić information content (AvgIpc) is 3.19. The molecule has 0 unspecified atom stereocenters. The van der Waals surface area contributed by atoms with E-state index in [0.717, 1.165) is 23.5 Å². The molecule has 2 amide bonds. The molecule has 32 heavy (non-hydrogen) atoms. The van der Waals surface area contributed by atoms with Crippen LogP contribution < -0.4 is 11.1 Å². The SMILES string of the molecule is CNC(=O)N(CCCN)[C@@H](c1nc(-c2ccccc2)cn1Cc1ccccc1)C(C)(C)C. The average molecular weight is 434 g/mol. The molecular weight excluding hydrogens is 398 g/mol. The van der Waals surface area contributed by atoms with Gasteiger partial charge >= 0.3 is 6.03 Å². The molecule has 3 aromatic rings. The van der Waals surface area contributed by atoms with Crippen LogP contribution in [0.25, 0.3) is 11.3 Å². The Hall–Kier alpha value is -3.12. The Bertz CT molecular complexity index is 992. The van der Waals surface area contributed by atoms with E-state index in [-0.39, 0.29) is 17.5 Å². The summed E-state index contributed by atoms with van der Waals surface area (Å²) in [6.45, 7) is 8.23. The van der Waals surface area contributed by atoms with E-state index in [1.807, 2.05) is 41.3 Å². The lowest BCUT2D eigenvalue weighted by Crippen LogP contribution is -2.47. The summed E-state index contributed by atoms with van der Waals surface area (Å²) in [5.41, 5.74) is 8.71. The Kier molecular flexibility index (Phi) is 7.70. The lowest BCUT2D eigenvalue weighted by atomic mass is 9.84. The third kappa shape index (κ3) is 5.56. The van der Waals surface area contributed by atoms with E-state index in [1.165, 1.54) is 5.56 Å². The summed E-state index contributed by atoms with van der Waals surface area (Å²) in [5.74, 6) is 0.876. The molecule has 1 aromatic heterocycles. The minimum Gasteiger partial charge on any atom is -0.341 e. The van der Waals surface area contributed by atoms with Crippen LogP contribution in [0.1, 0.15) is 44.6 Å². The molecule has 6 heteroatoms. The van der Waals surface area contributed by atoms with Crippen LogP contribution in [0.15, 0.2) is 66.9 Å². The number of hydrogen-bond donors (Lipinski definition) is 2. The number of amides is 2. The predicted molar refractivity (Wildman–Crippen MR) is 130 cm³/mol. The first-order valence-electron chi connectivity index (χ1n) is 11.2. The van der Waals surface area contributed by atoms with Crippen LogP contribution in [0.4, 0.5) is 4.79 Å². The van der Waals surface area contributed by atoms with Crippen LogP contribution in [0.5, 0.6) is 0 Å². The van der Waals surface area contributed by atoms with Crippen LogP contribution in [0, 0.1) is 5.41 Å². The third-order valence-corrected chi connectivity index (χ3v) is 5.53. The van der Waals surface area contributed by atoms with Gasteiger partial charge in [0.05, 0.1) is 11.7 Å². The number of benzene rings is 2. The van der Waals surface area contributed by atoms with Crippen LogP contribution >= 0.6 is 0 Å². The van der Waals surface area contributed by atoms with E-state index >= 15 is 0 Å². The summed E-state index contributed by atoms with van der Waals surface area (Å²) >= 11 is 0. The summed E-state index contributed by atoms with van der Waals surface area (Å²) in [6.07, 6.45) is 2.83. The standard InChI is InChI=1S/C26H35N5O/c1-26(2,3)23(31(17-11-16-27)25(32)28-4)24-29-22(21-14-9-6-10-15-21)19-30(24)18-20-12-7-5-8-13-20/h5-10,12-15,19,23H,11,16-18,27H2,1-4H3,(H,28,32)/t23-/m0/s1. The number of rotatable bonds is 8. The smallest absolute Gasteiger partial charge is 0.317 e. The Morgan fingerprint density at radius 2 is 1.72 bits per heavy atom. The molecule has 0 fully saturated rings. The van der Waals surface area contributed by atoms with Gasteiger partial charge in [0.2, 0.25) is 0 Å². The van der Waals surface area contributed by atoms with Crippen molar-refractivity contribution in [3.8, 4) is 11.3 Å². The summed E-state index contributed by atoms with van der Waals surface area (Å²) in [4.78, 5) is 19.9. The van der Waals surface area contributed by atoms with E-state index < -0.39 is 0 Å². The third-order valence-electron chi connectivity index (χ3n) is 5.53. The van der Waals surface area contributed by atoms with Gasteiger partial charge in [-0.2, -0.15) is 0 Å². The van der Waals surface area contributed by atoms with Gasteiger partial charge in [0, 0.05) is 31.9 Å². The first-order chi connectivity index (χ1) is 15.3. The van der Waals surface area contributed by atoms with E-state index in [0.29, 0.717) is 19.6 Å². The van der Waals surface area contributed by atoms with Crippen molar-refractivity contribution in [2.24, 2.45) is 11.1 Å². The molecule has 0 saturated heterocycles. The van der Waals surface area contributed by atoms with Gasteiger partial charge in [-0.25, -0.2) is 9.78 Å². The number of nitrogens with zero attached hydrogens (tertiary/aromatic N) is 3. The lowest BCUT2D eigenvalue weighted by Gasteiger charge is -2.39. The maximum absolute atomic E-state index is 13.0. The van der Waals surface area contributed by atoms with Crippen molar-refractivity contribution in [2.45, 2.75) is 39.8 Å². The van der Waals surface area contributed by atoms with Crippen molar-refractivity contribution in [1.82, 2.24) is 19.8 Å². The molecule has 0 saturated carbocycles. The Morgan fingerprint density at radius 1 is 1.09 bits per heavy atom. The highest BCUT2D eigenvalue weighted by molar-refractivity contribution is 5.74. The van der Waals surface area contributed by atoms with Gasteiger partial charge in [0.15, 0.2) is 0 Å². The summed E-state index contributed by atoms with van der Waals surface area (Å²) in [5, 5.41) is 2.81. The van der Waals surface area contributed by atoms with Crippen LogP contribution in [-0.2, 0) is 6.54 Å². The van der Waals surface area contributed by atoms with E-state index in [4.69, 9.17) is 10.7 Å². The number of nitrogens with two attached hydrogens (primary N) is 1. The fraction of sp³-hybridized carbons (Fsp3) is 0.385. The molecule has 0 aliphatic heterocycles. The fourth-order valence-electron chi connectivity index (χ4n) is 4.05. The maximum atomic E-state index is 13.0. The molecule has 0 spiro atoms.